The van der Waals surface area contributed by atoms with E-state index in [1.54, 1.807) is 12.1 Å². The highest BCUT2D eigenvalue weighted by Crippen LogP contribution is 2.29. The fourth-order valence-corrected chi connectivity index (χ4v) is 5.20. The van der Waals surface area contributed by atoms with E-state index in [2.05, 4.69) is 15.5 Å². The van der Waals surface area contributed by atoms with Gasteiger partial charge >= 0.3 is 0 Å². The molecule has 0 radical (unpaired) electrons. The Labute approximate surface area is 174 Å². The molecule has 158 valence electrons. The van der Waals surface area contributed by atoms with E-state index < -0.39 is 10.0 Å². The molecule has 1 aliphatic rings. The van der Waals surface area contributed by atoms with Gasteiger partial charge in [-0.3, -0.25) is 4.79 Å². The summed E-state index contributed by atoms with van der Waals surface area (Å²) in [6.45, 7) is 5.27. The van der Waals surface area contributed by atoms with Gasteiger partial charge in [-0.15, -0.1) is 10.2 Å². The van der Waals surface area contributed by atoms with Crippen molar-refractivity contribution in [1.29, 1.82) is 0 Å². The van der Waals surface area contributed by atoms with Gasteiger partial charge in [0.2, 0.25) is 21.1 Å². The molecule has 9 nitrogen and oxygen atoms in total. The predicted molar refractivity (Wildman–Crippen MR) is 109 cm³/mol. The van der Waals surface area contributed by atoms with E-state index in [0.29, 0.717) is 23.9 Å². The molecule has 3 rings (SSSR count). The first-order chi connectivity index (χ1) is 13.8. The molecule has 1 aromatic carbocycles. The Kier molecular flexibility index (Phi) is 6.83. The van der Waals surface area contributed by atoms with Crippen molar-refractivity contribution in [2.24, 2.45) is 0 Å². The van der Waals surface area contributed by atoms with Crippen LogP contribution in [0.2, 0.25) is 0 Å². The normalized spacial score (nSPS) is 15.4. The summed E-state index contributed by atoms with van der Waals surface area (Å²) in [4.78, 5) is 12.4. The van der Waals surface area contributed by atoms with E-state index >= 15 is 0 Å². The number of carbonyl (C=O) groups excluding carboxylic acids is 1. The molecular formula is C18H24N4O5S2. The lowest BCUT2D eigenvalue weighted by Crippen LogP contribution is -2.40. The average Bonchev–Trinajstić information content (AvgIpc) is 3.17. The molecule has 29 heavy (non-hydrogen) atoms. The maximum atomic E-state index is 13.0. The number of hydrogen-bond acceptors (Lipinski definition) is 8. The van der Waals surface area contributed by atoms with Crippen LogP contribution >= 0.6 is 11.3 Å². The van der Waals surface area contributed by atoms with Crippen LogP contribution in [0.4, 0.5) is 5.13 Å². The molecule has 0 spiro atoms. The molecule has 1 saturated heterocycles. The molecular weight excluding hydrogens is 416 g/mol. The molecule has 1 aromatic heterocycles. The van der Waals surface area contributed by atoms with Crippen LogP contribution in [0.3, 0.4) is 0 Å². The number of anilines is 1. The maximum absolute atomic E-state index is 13.0. The van der Waals surface area contributed by atoms with Crippen molar-refractivity contribution in [1.82, 2.24) is 14.5 Å². The lowest BCUT2D eigenvalue weighted by atomic mass is 10.1. The highest BCUT2D eigenvalue weighted by Gasteiger charge is 2.29. The maximum Gasteiger partial charge on any atom is 0.246 e. The van der Waals surface area contributed by atoms with Gasteiger partial charge in [-0.1, -0.05) is 31.3 Å². The first kappa shape index (κ1) is 21.6. The first-order valence-electron chi connectivity index (χ1n) is 9.19. The number of rotatable bonds is 7. The molecule has 0 atom stereocenters. The van der Waals surface area contributed by atoms with Crippen molar-refractivity contribution < 1.29 is 22.7 Å². The molecule has 0 saturated carbocycles. The predicted octanol–water partition coefficient (Wildman–Crippen LogP) is 1.87. The highest BCUT2D eigenvalue weighted by atomic mass is 32.2. The van der Waals surface area contributed by atoms with Crippen molar-refractivity contribution in [2.45, 2.75) is 31.1 Å². The number of aromatic nitrogens is 2. The number of sulfonamides is 1. The number of ether oxygens (including phenoxy) is 2. The second-order valence-electron chi connectivity index (χ2n) is 6.83. The van der Waals surface area contributed by atoms with Crippen LogP contribution < -0.4 is 10.1 Å². The third-order valence-electron chi connectivity index (χ3n) is 4.36. The minimum atomic E-state index is -3.75. The Hall–Kier alpha value is -2.08. The van der Waals surface area contributed by atoms with Crippen LogP contribution in [-0.2, 0) is 26.0 Å². The quantitative estimate of drug-likeness (QED) is 0.700. The third kappa shape index (κ3) is 5.10. The van der Waals surface area contributed by atoms with Crippen molar-refractivity contribution in [3.8, 4) is 5.75 Å². The lowest BCUT2D eigenvalue weighted by molar-refractivity contribution is -0.115. The van der Waals surface area contributed by atoms with E-state index in [-0.39, 0.29) is 42.0 Å². The largest absolute Gasteiger partial charge is 0.495 e. The number of hydrogen-bond donors (Lipinski definition) is 1. The number of carbonyl (C=O) groups is 1. The van der Waals surface area contributed by atoms with E-state index in [4.69, 9.17) is 9.47 Å². The molecule has 0 unspecified atom stereocenters. The Morgan fingerprint density at radius 2 is 2.03 bits per heavy atom. The average molecular weight is 441 g/mol. The fraction of sp³-hybridized carbons (Fsp3) is 0.500. The number of morpholine rings is 1. The Morgan fingerprint density at radius 1 is 1.31 bits per heavy atom. The monoisotopic (exact) mass is 440 g/mol. The second kappa shape index (κ2) is 9.16. The molecule has 1 fully saturated rings. The Morgan fingerprint density at radius 3 is 2.66 bits per heavy atom. The molecule has 1 aliphatic heterocycles. The Bertz CT molecular complexity index is 968. The zero-order chi connectivity index (χ0) is 21.0. The second-order valence-corrected chi connectivity index (χ2v) is 9.74. The van der Waals surface area contributed by atoms with E-state index in [1.807, 2.05) is 13.8 Å². The van der Waals surface area contributed by atoms with Gasteiger partial charge in [0.25, 0.3) is 0 Å². The van der Waals surface area contributed by atoms with Crippen molar-refractivity contribution in [3.05, 3.63) is 28.8 Å². The molecule has 0 bridgehead atoms. The summed E-state index contributed by atoms with van der Waals surface area (Å²) in [5, 5.41) is 12.0. The molecule has 2 heterocycles. The third-order valence-corrected chi connectivity index (χ3v) is 7.42. The van der Waals surface area contributed by atoms with Crippen LogP contribution in [-0.4, -0.2) is 62.2 Å². The van der Waals surface area contributed by atoms with Gasteiger partial charge in [0, 0.05) is 19.0 Å². The summed E-state index contributed by atoms with van der Waals surface area (Å²) in [5.41, 5.74) is 0.559. The van der Waals surface area contributed by atoms with Crippen LogP contribution in [0.25, 0.3) is 0 Å². The number of benzene rings is 1. The number of methoxy groups -OCH3 is 1. The van der Waals surface area contributed by atoms with E-state index in [0.717, 1.165) is 5.01 Å². The molecule has 11 heteroatoms. The standard InChI is InChI=1S/C18H24N4O5S2/c1-12(2)17-20-21-18(28-17)19-16(23)11-13-4-5-14(26-3)15(10-13)29(24,25)22-6-8-27-9-7-22/h4-5,10,12H,6-9,11H2,1-3H3,(H,19,21,23). The number of amides is 1. The minimum Gasteiger partial charge on any atom is -0.495 e. The van der Waals surface area contributed by atoms with Crippen molar-refractivity contribution in [3.63, 3.8) is 0 Å². The van der Waals surface area contributed by atoms with Crippen molar-refractivity contribution >= 4 is 32.4 Å². The zero-order valence-electron chi connectivity index (χ0n) is 16.5. The van der Waals surface area contributed by atoms with E-state index in [9.17, 15) is 13.2 Å². The summed E-state index contributed by atoms with van der Waals surface area (Å²) < 4.78 is 37.9. The van der Waals surface area contributed by atoms with Gasteiger partial charge in [0.15, 0.2) is 0 Å². The fourth-order valence-electron chi connectivity index (χ4n) is 2.83. The van der Waals surface area contributed by atoms with Gasteiger partial charge < -0.3 is 14.8 Å². The van der Waals surface area contributed by atoms with Crippen LogP contribution in [0.15, 0.2) is 23.1 Å². The SMILES string of the molecule is COc1ccc(CC(=O)Nc2nnc(C(C)C)s2)cc1S(=O)(=O)N1CCOCC1. The molecule has 1 amide bonds. The number of nitrogens with one attached hydrogen (secondary N) is 1. The van der Waals surface area contributed by atoms with E-state index in [1.165, 1.54) is 28.8 Å². The van der Waals surface area contributed by atoms with Crippen LogP contribution in [0.1, 0.15) is 30.3 Å². The summed E-state index contributed by atoms with van der Waals surface area (Å²) in [6.07, 6.45) is 0.00617. The first-order valence-corrected chi connectivity index (χ1v) is 11.4. The number of nitrogens with zero attached hydrogens (tertiary/aromatic N) is 3. The Balaban J connectivity index is 1.77. The highest BCUT2D eigenvalue weighted by molar-refractivity contribution is 7.89. The summed E-state index contributed by atoms with van der Waals surface area (Å²) in [5.74, 6) is 0.176. The molecule has 0 aliphatic carbocycles. The van der Waals surface area contributed by atoms with Gasteiger partial charge in [0.1, 0.15) is 15.7 Å². The lowest BCUT2D eigenvalue weighted by Gasteiger charge is -2.26. The summed E-state index contributed by atoms with van der Waals surface area (Å²) in [6, 6.07) is 4.73. The van der Waals surface area contributed by atoms with Crippen LogP contribution in [0, 0.1) is 0 Å². The van der Waals surface area contributed by atoms with Gasteiger partial charge in [-0.05, 0) is 17.7 Å². The topological polar surface area (TPSA) is 111 Å². The molecule has 2 aromatic rings. The van der Waals surface area contributed by atoms with Gasteiger partial charge in [-0.25, -0.2) is 8.42 Å². The van der Waals surface area contributed by atoms with Gasteiger partial charge in [-0.2, -0.15) is 4.31 Å². The minimum absolute atomic E-state index is 0.00617. The van der Waals surface area contributed by atoms with Gasteiger partial charge in [0.05, 0.1) is 26.7 Å². The summed E-state index contributed by atoms with van der Waals surface area (Å²) in [7, 11) is -2.33. The van der Waals surface area contributed by atoms with Crippen LogP contribution in [0.5, 0.6) is 5.75 Å². The zero-order valence-corrected chi connectivity index (χ0v) is 18.2. The van der Waals surface area contributed by atoms with Crippen molar-refractivity contribution in [2.75, 3.05) is 38.7 Å². The summed E-state index contributed by atoms with van der Waals surface area (Å²) >= 11 is 1.32. The molecule has 1 N–H and O–H groups in total. The smallest absolute Gasteiger partial charge is 0.246 e.